The van der Waals surface area contributed by atoms with E-state index in [1.807, 2.05) is 35.0 Å². The number of hydrogen-bond donors (Lipinski definition) is 2. The Hall–Kier alpha value is -2.34. The molecule has 1 aliphatic rings. The van der Waals surface area contributed by atoms with Crippen LogP contribution in [0, 0.1) is 0 Å². The number of aromatic nitrogens is 2. The van der Waals surface area contributed by atoms with Crippen molar-refractivity contribution in [2.45, 2.75) is 50.7 Å². The molecule has 2 aromatic rings. The molecule has 1 amide bonds. The Morgan fingerprint density at radius 3 is 2.84 bits per heavy atom. The number of para-hydroxylation sites is 2. The lowest BCUT2D eigenvalue weighted by Crippen LogP contribution is -2.35. The summed E-state index contributed by atoms with van der Waals surface area (Å²) in [6.07, 6.45) is 9.98. The molecule has 1 saturated carbocycles. The molecule has 25 heavy (non-hydrogen) atoms. The Morgan fingerprint density at radius 2 is 2.08 bits per heavy atom. The highest BCUT2D eigenvalue weighted by Crippen LogP contribution is 2.32. The molecule has 0 radical (unpaired) electrons. The molecular weight excluding hydrogens is 318 g/mol. The normalized spacial score (nSPS) is 16.4. The first kappa shape index (κ1) is 17.5. The second-order valence-electron chi connectivity index (χ2n) is 6.66. The van der Waals surface area contributed by atoms with Gasteiger partial charge in [0, 0.05) is 12.4 Å². The van der Waals surface area contributed by atoms with Gasteiger partial charge in [-0.1, -0.05) is 31.4 Å². The van der Waals surface area contributed by atoms with Crippen LogP contribution in [-0.2, 0) is 11.3 Å². The van der Waals surface area contributed by atoms with Gasteiger partial charge in [-0.3, -0.25) is 4.79 Å². The third-order valence-corrected chi connectivity index (χ3v) is 4.60. The van der Waals surface area contributed by atoms with Gasteiger partial charge in [-0.2, -0.15) is 0 Å². The molecule has 0 saturated heterocycles. The number of anilines is 1. The topological polar surface area (TPSA) is 76.4 Å². The fourth-order valence-corrected chi connectivity index (χ4v) is 3.26. The number of carbonyl (C=O) groups is 1. The van der Waals surface area contributed by atoms with Crippen LogP contribution in [0.2, 0.25) is 0 Å². The Kier molecular flexibility index (Phi) is 5.71. The van der Waals surface area contributed by atoms with E-state index in [9.17, 15) is 9.90 Å². The Labute approximate surface area is 147 Å². The van der Waals surface area contributed by atoms with Crippen molar-refractivity contribution in [3.63, 3.8) is 0 Å². The number of carbonyl (C=O) groups excluding carboxylic acids is 1. The van der Waals surface area contributed by atoms with Crippen molar-refractivity contribution in [2.24, 2.45) is 0 Å². The van der Waals surface area contributed by atoms with Gasteiger partial charge in [-0.15, -0.1) is 0 Å². The molecule has 134 valence electrons. The van der Waals surface area contributed by atoms with Crippen molar-refractivity contribution in [1.29, 1.82) is 0 Å². The van der Waals surface area contributed by atoms with Crippen molar-refractivity contribution in [1.82, 2.24) is 9.55 Å². The molecule has 3 rings (SSSR count). The smallest absolute Gasteiger partial charge is 0.227 e. The fraction of sp³-hybridized carbons (Fsp3) is 0.474. The molecule has 1 heterocycles. The van der Waals surface area contributed by atoms with E-state index in [1.54, 1.807) is 12.5 Å². The summed E-state index contributed by atoms with van der Waals surface area (Å²) in [6.45, 7) is 1.16. The fourth-order valence-electron chi connectivity index (χ4n) is 3.26. The van der Waals surface area contributed by atoms with E-state index >= 15 is 0 Å². The van der Waals surface area contributed by atoms with E-state index in [2.05, 4.69) is 10.3 Å². The first-order chi connectivity index (χ1) is 12.1. The lowest BCUT2D eigenvalue weighted by atomic mass is 9.82. The molecule has 0 aliphatic heterocycles. The van der Waals surface area contributed by atoms with Gasteiger partial charge in [0.2, 0.25) is 5.91 Å². The first-order valence-electron chi connectivity index (χ1n) is 8.84. The summed E-state index contributed by atoms with van der Waals surface area (Å²) < 4.78 is 7.73. The number of amides is 1. The van der Waals surface area contributed by atoms with Crippen LogP contribution in [0.25, 0.3) is 0 Å². The van der Waals surface area contributed by atoms with Gasteiger partial charge in [0.05, 0.1) is 30.6 Å². The zero-order chi connectivity index (χ0) is 17.5. The Bertz CT molecular complexity index is 679. The van der Waals surface area contributed by atoms with Gasteiger partial charge in [0.15, 0.2) is 0 Å². The number of nitrogens with zero attached hydrogens (tertiary/aromatic N) is 2. The minimum absolute atomic E-state index is 0.135. The van der Waals surface area contributed by atoms with Crippen molar-refractivity contribution >= 4 is 11.6 Å². The first-order valence-corrected chi connectivity index (χ1v) is 8.84. The summed E-state index contributed by atoms with van der Waals surface area (Å²) in [5.41, 5.74) is -0.225. The van der Waals surface area contributed by atoms with Crippen LogP contribution in [0.4, 0.5) is 5.69 Å². The van der Waals surface area contributed by atoms with Crippen LogP contribution in [0.5, 0.6) is 5.75 Å². The monoisotopic (exact) mass is 343 g/mol. The van der Waals surface area contributed by atoms with Crippen LogP contribution < -0.4 is 10.1 Å². The summed E-state index contributed by atoms with van der Waals surface area (Å²) in [7, 11) is 0. The van der Waals surface area contributed by atoms with Crippen molar-refractivity contribution < 1.29 is 14.6 Å². The molecule has 1 aliphatic carbocycles. The largest absolute Gasteiger partial charge is 0.490 e. The Morgan fingerprint density at radius 1 is 1.28 bits per heavy atom. The molecule has 2 N–H and O–H groups in total. The molecule has 0 bridgehead atoms. The highest BCUT2D eigenvalue weighted by Gasteiger charge is 2.31. The molecule has 1 fully saturated rings. The third-order valence-electron chi connectivity index (χ3n) is 4.60. The van der Waals surface area contributed by atoms with E-state index in [1.165, 1.54) is 0 Å². The van der Waals surface area contributed by atoms with Crippen LogP contribution in [0.1, 0.15) is 38.5 Å². The lowest BCUT2D eigenvalue weighted by molar-refractivity contribution is -0.122. The van der Waals surface area contributed by atoms with Crippen LogP contribution in [0.15, 0.2) is 43.0 Å². The quantitative estimate of drug-likeness (QED) is 0.810. The highest BCUT2D eigenvalue weighted by molar-refractivity contribution is 5.92. The zero-order valence-corrected chi connectivity index (χ0v) is 14.4. The average Bonchev–Trinajstić information content (AvgIpc) is 3.10. The Balaban J connectivity index is 1.55. The minimum atomic E-state index is -0.862. The van der Waals surface area contributed by atoms with E-state index in [-0.39, 0.29) is 12.3 Å². The van der Waals surface area contributed by atoms with E-state index in [0.29, 0.717) is 37.4 Å². The standard InChI is InChI=1S/C19H25N3O3/c23-18(14-19(24)8-4-1-5-9-19)21-16-6-2-3-7-17(16)25-13-12-22-11-10-20-15-22/h2-3,6-7,10-11,15,24H,1,4-5,8-9,12-14H2,(H,21,23). The predicted molar refractivity (Wildman–Crippen MR) is 95.4 cm³/mol. The molecule has 6 nitrogen and oxygen atoms in total. The summed E-state index contributed by atoms with van der Waals surface area (Å²) in [5, 5.41) is 13.4. The number of nitrogens with one attached hydrogen (secondary N) is 1. The molecule has 0 unspecified atom stereocenters. The van der Waals surface area contributed by atoms with Crippen molar-refractivity contribution in [2.75, 3.05) is 11.9 Å². The second kappa shape index (κ2) is 8.16. The van der Waals surface area contributed by atoms with E-state index < -0.39 is 5.60 Å². The molecule has 0 atom stereocenters. The predicted octanol–water partition coefficient (Wildman–Crippen LogP) is 2.99. The summed E-state index contributed by atoms with van der Waals surface area (Å²) in [5.74, 6) is 0.460. The molecular formula is C19H25N3O3. The van der Waals surface area contributed by atoms with Crippen LogP contribution in [0.3, 0.4) is 0 Å². The van der Waals surface area contributed by atoms with Gasteiger partial charge in [0.1, 0.15) is 12.4 Å². The molecule has 1 aromatic carbocycles. The molecule has 6 heteroatoms. The maximum Gasteiger partial charge on any atom is 0.227 e. The van der Waals surface area contributed by atoms with E-state index in [4.69, 9.17) is 4.74 Å². The van der Waals surface area contributed by atoms with Gasteiger partial charge >= 0.3 is 0 Å². The number of imidazole rings is 1. The number of benzene rings is 1. The van der Waals surface area contributed by atoms with Crippen molar-refractivity contribution in [3.05, 3.63) is 43.0 Å². The molecule has 0 spiro atoms. The number of ether oxygens (including phenoxy) is 1. The zero-order valence-electron chi connectivity index (χ0n) is 14.4. The second-order valence-corrected chi connectivity index (χ2v) is 6.66. The maximum absolute atomic E-state index is 12.4. The van der Waals surface area contributed by atoms with Gasteiger partial charge < -0.3 is 19.7 Å². The third kappa shape index (κ3) is 5.06. The summed E-state index contributed by atoms with van der Waals surface area (Å²) in [6, 6.07) is 7.37. The lowest BCUT2D eigenvalue weighted by Gasteiger charge is -2.31. The van der Waals surface area contributed by atoms with Gasteiger partial charge in [-0.25, -0.2) is 4.98 Å². The number of hydrogen-bond acceptors (Lipinski definition) is 4. The minimum Gasteiger partial charge on any atom is -0.490 e. The summed E-state index contributed by atoms with van der Waals surface area (Å²) in [4.78, 5) is 16.4. The summed E-state index contributed by atoms with van der Waals surface area (Å²) >= 11 is 0. The number of rotatable bonds is 7. The van der Waals surface area contributed by atoms with Gasteiger partial charge in [0.25, 0.3) is 0 Å². The highest BCUT2D eigenvalue weighted by atomic mass is 16.5. The van der Waals surface area contributed by atoms with Crippen LogP contribution in [-0.4, -0.2) is 32.8 Å². The number of aliphatic hydroxyl groups is 1. The maximum atomic E-state index is 12.4. The van der Waals surface area contributed by atoms with Gasteiger partial charge in [-0.05, 0) is 25.0 Å². The van der Waals surface area contributed by atoms with E-state index in [0.717, 1.165) is 19.3 Å². The van der Waals surface area contributed by atoms with Crippen LogP contribution >= 0.6 is 0 Å². The molecule has 1 aromatic heterocycles. The average molecular weight is 343 g/mol. The SMILES string of the molecule is O=C(CC1(O)CCCCC1)Nc1ccccc1OCCn1ccnc1. The van der Waals surface area contributed by atoms with Crippen molar-refractivity contribution in [3.8, 4) is 5.75 Å².